The summed E-state index contributed by atoms with van der Waals surface area (Å²) < 4.78 is 40.7. The van der Waals surface area contributed by atoms with E-state index in [-0.39, 0.29) is 5.56 Å². The molecule has 1 saturated heterocycles. The molecule has 3 aromatic heterocycles. The lowest BCUT2D eigenvalue weighted by Crippen LogP contribution is -2.44. The number of likely N-dealkylation sites (N-methyl/N-ethyl adjacent to an activating group) is 1. The van der Waals surface area contributed by atoms with Crippen LogP contribution < -0.4 is 10.2 Å². The van der Waals surface area contributed by atoms with Gasteiger partial charge in [-0.25, -0.2) is 4.68 Å². The van der Waals surface area contributed by atoms with E-state index in [1.54, 1.807) is 29.2 Å². The lowest BCUT2D eigenvalue weighted by molar-refractivity contribution is -0.137. The number of amides is 1. The van der Waals surface area contributed by atoms with Gasteiger partial charge >= 0.3 is 6.18 Å². The van der Waals surface area contributed by atoms with Crippen molar-refractivity contribution in [3.8, 4) is 16.8 Å². The van der Waals surface area contributed by atoms with E-state index in [1.165, 1.54) is 0 Å². The van der Waals surface area contributed by atoms with Crippen LogP contribution >= 0.6 is 0 Å². The Morgan fingerprint density at radius 3 is 2.45 bits per heavy atom. The minimum Gasteiger partial charge on any atom is -0.368 e. The van der Waals surface area contributed by atoms with E-state index < -0.39 is 17.6 Å². The topological polar surface area (TPSA) is 79.2 Å². The highest BCUT2D eigenvalue weighted by atomic mass is 19.4. The van der Waals surface area contributed by atoms with E-state index in [0.29, 0.717) is 11.9 Å². The first-order chi connectivity index (χ1) is 18.2. The molecule has 38 heavy (non-hydrogen) atoms. The lowest BCUT2D eigenvalue weighted by atomic mass is 10.1. The van der Waals surface area contributed by atoms with E-state index in [4.69, 9.17) is 0 Å². The smallest absolute Gasteiger partial charge is 0.368 e. The molecule has 0 atom stereocenters. The fourth-order valence-electron chi connectivity index (χ4n) is 4.28. The second-order valence-electron chi connectivity index (χ2n) is 9.31. The van der Waals surface area contributed by atoms with Crippen LogP contribution in [0, 0.1) is 6.92 Å². The number of nitrogens with zero attached hydrogens (tertiary/aromatic N) is 6. The maximum atomic E-state index is 13.0. The summed E-state index contributed by atoms with van der Waals surface area (Å²) in [4.78, 5) is 25.3. The quantitative estimate of drug-likeness (QED) is 0.412. The Morgan fingerprint density at radius 2 is 1.68 bits per heavy atom. The van der Waals surface area contributed by atoms with Crippen molar-refractivity contribution in [3.63, 3.8) is 0 Å². The van der Waals surface area contributed by atoms with Gasteiger partial charge in [0, 0.05) is 67.8 Å². The van der Waals surface area contributed by atoms with Gasteiger partial charge in [-0.3, -0.25) is 14.8 Å². The number of rotatable bonds is 5. The molecule has 1 fully saturated rings. The first kappa shape index (κ1) is 25.4. The normalized spacial score (nSPS) is 14.5. The molecule has 4 heterocycles. The molecule has 1 N–H and O–H groups in total. The number of alkyl halides is 3. The van der Waals surface area contributed by atoms with Crippen LogP contribution in [0.2, 0.25) is 0 Å². The third kappa shape index (κ3) is 5.52. The minimum atomic E-state index is -4.59. The zero-order chi connectivity index (χ0) is 26.9. The van der Waals surface area contributed by atoms with Crippen LogP contribution in [0.25, 0.3) is 16.8 Å². The summed E-state index contributed by atoms with van der Waals surface area (Å²) in [5, 5.41) is 7.17. The minimum absolute atomic E-state index is 0.184. The van der Waals surface area contributed by atoms with E-state index >= 15 is 0 Å². The number of benzene rings is 1. The number of carbonyl (C=O) groups excluding carboxylic acids is 1. The number of anilines is 2. The molecule has 8 nitrogen and oxygen atoms in total. The number of aromatic nitrogens is 4. The first-order valence-corrected chi connectivity index (χ1v) is 12.1. The molecule has 1 aromatic carbocycles. The molecule has 1 aliphatic rings. The predicted molar refractivity (Wildman–Crippen MR) is 138 cm³/mol. The van der Waals surface area contributed by atoms with Crippen LogP contribution in [-0.4, -0.2) is 63.8 Å². The number of hydrogen-bond acceptors (Lipinski definition) is 6. The van der Waals surface area contributed by atoms with E-state index in [1.807, 2.05) is 25.4 Å². The molecule has 196 valence electrons. The maximum Gasteiger partial charge on any atom is 0.417 e. The second kappa shape index (κ2) is 10.3. The molecule has 0 radical (unpaired) electrons. The third-order valence-electron chi connectivity index (χ3n) is 6.55. The molecule has 4 aromatic rings. The summed E-state index contributed by atoms with van der Waals surface area (Å²) in [6.07, 6.45) is 4.51. The van der Waals surface area contributed by atoms with Gasteiger partial charge in [-0.1, -0.05) is 6.07 Å². The van der Waals surface area contributed by atoms with Crippen LogP contribution in [0.15, 0.2) is 67.5 Å². The SMILES string of the molecule is Cc1ccc(NC(=O)c2cncc(C(F)(F)F)c2)cc1-n1cc(-c2cncc(N3CCN(C)CC3)c2)cn1. The van der Waals surface area contributed by atoms with Gasteiger partial charge in [-0.05, 0) is 43.8 Å². The Morgan fingerprint density at radius 1 is 0.921 bits per heavy atom. The van der Waals surface area contributed by atoms with Crippen LogP contribution in [-0.2, 0) is 6.18 Å². The van der Waals surface area contributed by atoms with Crippen LogP contribution in [0.4, 0.5) is 24.5 Å². The molecule has 1 amide bonds. The summed E-state index contributed by atoms with van der Waals surface area (Å²) in [6, 6.07) is 8.11. The van der Waals surface area contributed by atoms with Crippen LogP contribution in [0.5, 0.6) is 0 Å². The van der Waals surface area contributed by atoms with Gasteiger partial charge in [0.15, 0.2) is 0 Å². The van der Waals surface area contributed by atoms with Gasteiger partial charge in [-0.15, -0.1) is 0 Å². The first-order valence-electron chi connectivity index (χ1n) is 12.1. The van der Waals surface area contributed by atoms with Crippen molar-refractivity contribution in [3.05, 3.63) is 84.2 Å². The largest absolute Gasteiger partial charge is 0.417 e. The average molecular weight is 522 g/mol. The Bertz CT molecular complexity index is 1460. The highest BCUT2D eigenvalue weighted by molar-refractivity contribution is 6.04. The van der Waals surface area contributed by atoms with Gasteiger partial charge in [0.05, 0.1) is 34.9 Å². The van der Waals surface area contributed by atoms with Crippen LogP contribution in [0.3, 0.4) is 0 Å². The van der Waals surface area contributed by atoms with Gasteiger partial charge < -0.3 is 15.1 Å². The van der Waals surface area contributed by atoms with Crippen molar-refractivity contribution >= 4 is 17.3 Å². The Hall–Kier alpha value is -4.25. The van der Waals surface area contributed by atoms with Gasteiger partial charge in [0.2, 0.25) is 0 Å². The lowest BCUT2D eigenvalue weighted by Gasteiger charge is -2.33. The Kier molecular flexibility index (Phi) is 6.85. The molecule has 1 aliphatic heterocycles. The number of carbonyl (C=O) groups is 1. The molecule has 0 saturated carbocycles. The van der Waals surface area contributed by atoms with Crippen molar-refractivity contribution in [2.45, 2.75) is 13.1 Å². The summed E-state index contributed by atoms with van der Waals surface area (Å²) in [6.45, 7) is 5.79. The van der Waals surface area contributed by atoms with Gasteiger partial charge in [0.25, 0.3) is 5.91 Å². The molecular formula is C27H26F3N7O. The molecule has 0 bridgehead atoms. The van der Waals surface area contributed by atoms with E-state index in [0.717, 1.165) is 66.5 Å². The zero-order valence-electron chi connectivity index (χ0n) is 20.9. The molecular weight excluding hydrogens is 495 g/mol. The fraction of sp³-hybridized carbons (Fsp3) is 0.259. The molecule has 0 unspecified atom stereocenters. The number of hydrogen-bond donors (Lipinski definition) is 1. The van der Waals surface area contributed by atoms with Crippen molar-refractivity contribution < 1.29 is 18.0 Å². The number of piperazine rings is 1. The third-order valence-corrected chi connectivity index (χ3v) is 6.55. The van der Waals surface area contributed by atoms with Crippen molar-refractivity contribution in [1.82, 2.24) is 24.6 Å². The fourth-order valence-corrected chi connectivity index (χ4v) is 4.28. The van der Waals surface area contributed by atoms with Gasteiger partial charge in [-0.2, -0.15) is 18.3 Å². The Labute approximate surface area is 217 Å². The number of halogens is 3. The molecule has 11 heteroatoms. The van der Waals surface area contributed by atoms with Crippen molar-refractivity contribution in [2.24, 2.45) is 0 Å². The number of aryl methyl sites for hydroxylation is 1. The molecule has 0 spiro atoms. The molecule has 5 rings (SSSR count). The highest BCUT2D eigenvalue weighted by Crippen LogP contribution is 2.30. The monoisotopic (exact) mass is 521 g/mol. The molecule has 0 aliphatic carbocycles. The van der Waals surface area contributed by atoms with Crippen molar-refractivity contribution in [2.75, 3.05) is 43.4 Å². The number of pyridine rings is 2. The highest BCUT2D eigenvalue weighted by Gasteiger charge is 2.31. The Balaban J connectivity index is 1.36. The summed E-state index contributed by atoms with van der Waals surface area (Å²) >= 11 is 0. The second-order valence-corrected chi connectivity index (χ2v) is 9.31. The summed E-state index contributed by atoms with van der Waals surface area (Å²) in [7, 11) is 2.12. The zero-order valence-corrected chi connectivity index (χ0v) is 20.9. The predicted octanol–water partition coefficient (Wildman–Crippen LogP) is 4.66. The standard InChI is InChI=1S/C27H26F3N7O/c1-18-3-4-23(34-26(38)20-9-22(15-31-13-20)27(28,29)30)11-25(18)37-17-21(14-33-37)19-10-24(16-32-12-19)36-7-5-35(2)6-8-36/h3-4,9-17H,5-8H2,1-2H3,(H,34,38). The maximum absolute atomic E-state index is 13.0. The summed E-state index contributed by atoms with van der Waals surface area (Å²) in [5.74, 6) is -0.689. The van der Waals surface area contributed by atoms with E-state index in [2.05, 4.69) is 43.3 Å². The van der Waals surface area contributed by atoms with Crippen LogP contribution in [0.1, 0.15) is 21.5 Å². The van der Waals surface area contributed by atoms with Gasteiger partial charge in [0.1, 0.15) is 0 Å². The summed E-state index contributed by atoms with van der Waals surface area (Å²) in [5.41, 5.74) is 3.77. The van der Waals surface area contributed by atoms with E-state index in [9.17, 15) is 18.0 Å². The van der Waals surface area contributed by atoms with Crippen molar-refractivity contribution in [1.29, 1.82) is 0 Å². The number of nitrogens with one attached hydrogen (secondary N) is 1. The average Bonchev–Trinajstić information content (AvgIpc) is 3.40.